The van der Waals surface area contributed by atoms with Crippen molar-refractivity contribution in [3.05, 3.63) is 22.7 Å². The van der Waals surface area contributed by atoms with Crippen molar-refractivity contribution in [2.24, 2.45) is 0 Å². The zero-order chi connectivity index (χ0) is 11.8. The molecule has 2 aromatic heterocycles. The van der Waals surface area contributed by atoms with Gasteiger partial charge in [-0.1, -0.05) is 0 Å². The molecule has 0 bridgehead atoms. The second kappa shape index (κ2) is 4.27. The third-order valence-electron chi connectivity index (χ3n) is 3.08. The quantitative estimate of drug-likeness (QED) is 0.859. The van der Waals surface area contributed by atoms with Crippen LogP contribution in [0.5, 0.6) is 0 Å². The Bertz CT molecular complexity index is 544. The summed E-state index contributed by atoms with van der Waals surface area (Å²) in [5.74, 6) is 0.999. The van der Waals surface area contributed by atoms with Crippen LogP contribution in [-0.4, -0.2) is 40.5 Å². The number of halogens is 1. The fourth-order valence-corrected chi connectivity index (χ4v) is 2.86. The SMILES string of the molecule is Cc1nccn2c(N3CCNCC3)nc(Br)c12. The van der Waals surface area contributed by atoms with Gasteiger partial charge in [0.15, 0.2) is 0 Å². The predicted molar refractivity (Wildman–Crippen MR) is 70.5 cm³/mol. The van der Waals surface area contributed by atoms with Gasteiger partial charge in [0, 0.05) is 38.6 Å². The predicted octanol–water partition coefficient (Wildman–Crippen LogP) is 1.21. The summed E-state index contributed by atoms with van der Waals surface area (Å²) in [6, 6.07) is 0. The highest BCUT2D eigenvalue weighted by molar-refractivity contribution is 9.10. The van der Waals surface area contributed by atoms with E-state index in [1.807, 2.05) is 19.3 Å². The fourth-order valence-electron chi connectivity index (χ4n) is 2.22. The van der Waals surface area contributed by atoms with Crippen LogP contribution in [0, 0.1) is 6.92 Å². The third-order valence-corrected chi connectivity index (χ3v) is 3.63. The summed E-state index contributed by atoms with van der Waals surface area (Å²) in [6.07, 6.45) is 3.79. The molecule has 0 atom stereocenters. The molecule has 0 saturated carbocycles. The van der Waals surface area contributed by atoms with Gasteiger partial charge >= 0.3 is 0 Å². The van der Waals surface area contributed by atoms with Crippen molar-refractivity contribution in [2.45, 2.75) is 6.92 Å². The minimum atomic E-state index is 0.872. The van der Waals surface area contributed by atoms with Crippen LogP contribution >= 0.6 is 15.9 Å². The molecule has 0 radical (unpaired) electrons. The van der Waals surface area contributed by atoms with Gasteiger partial charge in [-0.2, -0.15) is 0 Å². The van der Waals surface area contributed by atoms with Gasteiger partial charge < -0.3 is 10.2 Å². The second-order valence-electron chi connectivity index (χ2n) is 4.17. The largest absolute Gasteiger partial charge is 0.339 e. The van der Waals surface area contributed by atoms with E-state index in [1.165, 1.54) is 0 Å². The van der Waals surface area contributed by atoms with E-state index in [0.717, 1.165) is 47.9 Å². The van der Waals surface area contributed by atoms with E-state index in [-0.39, 0.29) is 0 Å². The molecule has 17 heavy (non-hydrogen) atoms. The van der Waals surface area contributed by atoms with E-state index in [0.29, 0.717) is 0 Å². The maximum Gasteiger partial charge on any atom is 0.211 e. The monoisotopic (exact) mass is 295 g/mol. The van der Waals surface area contributed by atoms with Crippen molar-refractivity contribution >= 4 is 27.4 Å². The molecule has 90 valence electrons. The number of fused-ring (bicyclic) bond motifs is 1. The molecule has 0 aromatic carbocycles. The maximum absolute atomic E-state index is 4.61. The first-order chi connectivity index (χ1) is 8.27. The molecule has 1 N–H and O–H groups in total. The fraction of sp³-hybridized carbons (Fsp3) is 0.455. The second-order valence-corrected chi connectivity index (χ2v) is 4.92. The average molecular weight is 296 g/mol. The average Bonchev–Trinajstić information content (AvgIpc) is 2.69. The Balaban J connectivity index is 2.13. The lowest BCUT2D eigenvalue weighted by Gasteiger charge is -2.27. The Hall–Kier alpha value is -1.14. The van der Waals surface area contributed by atoms with E-state index in [2.05, 4.69) is 40.5 Å². The van der Waals surface area contributed by atoms with Crippen LogP contribution in [-0.2, 0) is 0 Å². The van der Waals surface area contributed by atoms with Gasteiger partial charge in [0.2, 0.25) is 5.95 Å². The van der Waals surface area contributed by atoms with Crippen molar-refractivity contribution < 1.29 is 0 Å². The number of rotatable bonds is 1. The molecule has 3 heterocycles. The van der Waals surface area contributed by atoms with Crippen molar-refractivity contribution in [3.63, 3.8) is 0 Å². The van der Waals surface area contributed by atoms with Crippen molar-refractivity contribution in [1.29, 1.82) is 0 Å². The Morgan fingerprint density at radius 2 is 2.12 bits per heavy atom. The molecule has 2 aromatic rings. The minimum absolute atomic E-state index is 0.872. The van der Waals surface area contributed by atoms with Crippen LogP contribution in [0.4, 0.5) is 5.95 Å². The molecular weight excluding hydrogens is 282 g/mol. The van der Waals surface area contributed by atoms with Crippen LogP contribution in [0.1, 0.15) is 5.69 Å². The zero-order valence-corrected chi connectivity index (χ0v) is 11.2. The van der Waals surface area contributed by atoms with Gasteiger partial charge in [-0.15, -0.1) is 0 Å². The van der Waals surface area contributed by atoms with Gasteiger partial charge in [-0.3, -0.25) is 9.38 Å². The molecule has 6 heteroatoms. The number of aromatic nitrogens is 3. The summed E-state index contributed by atoms with van der Waals surface area (Å²) in [4.78, 5) is 11.2. The standard InChI is InChI=1S/C11H14BrN5/c1-8-9-10(12)15-11(17(9)7-4-14-8)16-5-2-13-3-6-16/h4,7,13H,2-3,5-6H2,1H3. The summed E-state index contributed by atoms with van der Waals surface area (Å²) in [5.41, 5.74) is 2.05. The summed E-state index contributed by atoms with van der Waals surface area (Å²) >= 11 is 3.52. The van der Waals surface area contributed by atoms with Crippen molar-refractivity contribution in [2.75, 3.05) is 31.1 Å². The summed E-state index contributed by atoms with van der Waals surface area (Å²) < 4.78 is 2.98. The first-order valence-corrected chi connectivity index (χ1v) is 6.51. The highest BCUT2D eigenvalue weighted by atomic mass is 79.9. The number of anilines is 1. The molecule has 5 nitrogen and oxygen atoms in total. The van der Waals surface area contributed by atoms with Gasteiger partial charge in [-0.05, 0) is 22.9 Å². The molecule has 1 saturated heterocycles. The van der Waals surface area contributed by atoms with E-state index in [1.54, 1.807) is 0 Å². The highest BCUT2D eigenvalue weighted by Gasteiger charge is 2.18. The van der Waals surface area contributed by atoms with E-state index in [9.17, 15) is 0 Å². The number of hydrogen-bond acceptors (Lipinski definition) is 4. The Morgan fingerprint density at radius 1 is 1.35 bits per heavy atom. The van der Waals surface area contributed by atoms with Crippen molar-refractivity contribution in [1.82, 2.24) is 19.7 Å². The van der Waals surface area contributed by atoms with Crippen LogP contribution in [0.3, 0.4) is 0 Å². The van der Waals surface area contributed by atoms with Crippen LogP contribution in [0.15, 0.2) is 17.0 Å². The minimum Gasteiger partial charge on any atom is -0.339 e. The van der Waals surface area contributed by atoms with Crippen LogP contribution < -0.4 is 10.2 Å². The Kier molecular flexibility index (Phi) is 2.76. The van der Waals surface area contributed by atoms with Crippen LogP contribution in [0.25, 0.3) is 5.52 Å². The summed E-state index contributed by atoms with van der Waals surface area (Å²) in [5, 5.41) is 3.35. The lowest BCUT2D eigenvalue weighted by molar-refractivity contribution is 0.579. The molecule has 1 aliphatic rings. The van der Waals surface area contributed by atoms with E-state index >= 15 is 0 Å². The lowest BCUT2D eigenvalue weighted by atomic mass is 10.4. The van der Waals surface area contributed by atoms with Crippen LogP contribution in [0.2, 0.25) is 0 Å². The lowest BCUT2D eigenvalue weighted by Crippen LogP contribution is -2.44. The van der Waals surface area contributed by atoms with Gasteiger partial charge in [0.1, 0.15) is 10.1 Å². The molecule has 1 fully saturated rings. The molecule has 0 amide bonds. The maximum atomic E-state index is 4.61. The highest BCUT2D eigenvalue weighted by Crippen LogP contribution is 2.25. The normalized spacial score (nSPS) is 16.7. The number of piperazine rings is 1. The molecule has 0 unspecified atom stereocenters. The number of imidazole rings is 1. The van der Waals surface area contributed by atoms with E-state index in [4.69, 9.17) is 0 Å². The number of nitrogens with zero attached hydrogens (tertiary/aromatic N) is 4. The van der Waals surface area contributed by atoms with Gasteiger partial charge in [0.25, 0.3) is 0 Å². The van der Waals surface area contributed by atoms with Gasteiger partial charge in [-0.25, -0.2) is 4.98 Å². The Labute approximate surface area is 108 Å². The van der Waals surface area contributed by atoms with Crippen molar-refractivity contribution in [3.8, 4) is 0 Å². The van der Waals surface area contributed by atoms with E-state index < -0.39 is 0 Å². The third kappa shape index (κ3) is 1.81. The number of aryl methyl sites for hydroxylation is 1. The topological polar surface area (TPSA) is 45.5 Å². The molecule has 0 spiro atoms. The smallest absolute Gasteiger partial charge is 0.211 e. The summed E-state index contributed by atoms with van der Waals surface area (Å²) in [7, 11) is 0. The zero-order valence-electron chi connectivity index (χ0n) is 9.65. The first kappa shape index (κ1) is 11.0. The molecule has 1 aliphatic heterocycles. The Morgan fingerprint density at radius 3 is 2.88 bits per heavy atom. The van der Waals surface area contributed by atoms with Gasteiger partial charge in [0.05, 0.1) is 5.69 Å². The summed E-state index contributed by atoms with van der Waals surface area (Å²) in [6.45, 7) is 6.01. The first-order valence-electron chi connectivity index (χ1n) is 5.72. The molecule has 3 rings (SSSR count). The number of hydrogen-bond donors (Lipinski definition) is 1. The molecular formula is C11H14BrN5. The molecule has 0 aliphatic carbocycles. The number of nitrogens with one attached hydrogen (secondary N) is 1.